The normalized spacial score (nSPS) is 24.4. The van der Waals surface area contributed by atoms with Crippen LogP contribution in [-0.2, 0) is 4.79 Å². The Bertz CT molecular complexity index is 1370. The third-order valence-corrected chi connectivity index (χ3v) is 11.1. The predicted octanol–water partition coefficient (Wildman–Crippen LogP) is 5.89. The number of pyridine rings is 1. The van der Waals surface area contributed by atoms with E-state index in [1.54, 1.807) is 17.5 Å². The quantitative estimate of drug-likeness (QED) is 0.342. The highest BCUT2D eigenvalue weighted by molar-refractivity contribution is 8.24. The van der Waals surface area contributed by atoms with E-state index in [1.807, 2.05) is 18.3 Å². The molecule has 3 heterocycles. The van der Waals surface area contributed by atoms with Crippen LogP contribution in [0.25, 0.3) is 21.0 Å². The van der Waals surface area contributed by atoms with Gasteiger partial charge < -0.3 is 10.2 Å². The maximum absolute atomic E-state index is 13.5. The van der Waals surface area contributed by atoms with Gasteiger partial charge in [-0.3, -0.25) is 18.9 Å². The average Bonchev–Trinajstić information content (AvgIpc) is 3.60. The van der Waals surface area contributed by atoms with Crippen molar-refractivity contribution in [2.75, 3.05) is 29.5 Å². The molecule has 1 amide bonds. The molecule has 1 saturated heterocycles. The van der Waals surface area contributed by atoms with Crippen LogP contribution in [0.2, 0.25) is 0 Å². The van der Waals surface area contributed by atoms with Gasteiger partial charge in [0, 0.05) is 48.6 Å². The van der Waals surface area contributed by atoms with Gasteiger partial charge >= 0.3 is 0 Å². The van der Waals surface area contributed by atoms with E-state index in [4.69, 9.17) is 4.98 Å². The van der Waals surface area contributed by atoms with E-state index < -0.39 is 16.1 Å². The van der Waals surface area contributed by atoms with Gasteiger partial charge in [0.25, 0.3) is 0 Å². The van der Waals surface area contributed by atoms with Gasteiger partial charge in [-0.05, 0) is 55.5 Å². The molecule has 0 radical (unpaired) electrons. The van der Waals surface area contributed by atoms with E-state index >= 15 is 0 Å². The number of benzene rings is 1. The Balaban J connectivity index is 1.33. The Morgan fingerprint density at radius 2 is 1.85 bits per heavy atom. The second-order valence-electron chi connectivity index (χ2n) is 10.9. The third kappa shape index (κ3) is 5.54. The van der Waals surface area contributed by atoms with Crippen LogP contribution in [0.15, 0.2) is 48.8 Å². The van der Waals surface area contributed by atoms with Crippen molar-refractivity contribution in [3.05, 3.63) is 54.5 Å². The molecular formula is C29H33N5O3S2. The number of hydrogen-bond donors (Lipinski definition) is 3. The monoisotopic (exact) mass is 563 g/mol. The molecule has 3 N–H and O–H groups in total. The third-order valence-electron chi connectivity index (χ3n) is 8.21. The summed E-state index contributed by atoms with van der Waals surface area (Å²) in [5.41, 5.74) is 3.36. The summed E-state index contributed by atoms with van der Waals surface area (Å²) in [5, 5.41) is 13.5. The Hall–Kier alpha value is -2.97. The van der Waals surface area contributed by atoms with E-state index in [-0.39, 0.29) is 17.7 Å². The zero-order valence-corrected chi connectivity index (χ0v) is 23.4. The zero-order valence-electron chi connectivity index (χ0n) is 21.8. The fraction of sp³-hybridized carbons (Fsp3) is 0.448. The van der Waals surface area contributed by atoms with Gasteiger partial charge in [0.05, 0.1) is 28.1 Å². The lowest BCUT2D eigenvalue weighted by molar-refractivity contribution is -0.127. The lowest BCUT2D eigenvalue weighted by Gasteiger charge is -2.41. The number of carbonyl (C=O) groups is 1. The van der Waals surface area contributed by atoms with E-state index in [1.165, 1.54) is 0 Å². The fourth-order valence-electron chi connectivity index (χ4n) is 5.70. The molecule has 2 aliphatic carbocycles. The molecule has 6 rings (SSSR count). The van der Waals surface area contributed by atoms with Gasteiger partial charge in [-0.2, -0.15) is 15.9 Å². The summed E-state index contributed by atoms with van der Waals surface area (Å²) in [7, 11) is -2.44. The SMILES string of the molecule is N#CC1(NC(=O)[C@@H]2CCCC[C@H]2c2nc(-c3cccnc3)sc2-c2ccc(N3CCS(O)(O)CC3)cc2)CC1. The van der Waals surface area contributed by atoms with Gasteiger partial charge in [-0.1, -0.05) is 25.0 Å². The molecule has 0 unspecified atom stereocenters. The average molecular weight is 564 g/mol. The molecule has 0 spiro atoms. The minimum atomic E-state index is -2.44. The summed E-state index contributed by atoms with van der Waals surface area (Å²) in [4.78, 5) is 26.1. The summed E-state index contributed by atoms with van der Waals surface area (Å²) in [6.07, 6.45) is 8.75. The number of aromatic nitrogens is 2. The largest absolute Gasteiger partial charge is 0.368 e. The van der Waals surface area contributed by atoms with Crippen LogP contribution in [0, 0.1) is 17.2 Å². The highest BCUT2D eigenvalue weighted by Gasteiger charge is 2.47. The van der Waals surface area contributed by atoms with Gasteiger partial charge in [-0.15, -0.1) is 11.3 Å². The Morgan fingerprint density at radius 3 is 2.51 bits per heavy atom. The van der Waals surface area contributed by atoms with E-state index in [0.29, 0.717) is 24.6 Å². The van der Waals surface area contributed by atoms with Gasteiger partial charge in [-0.25, -0.2) is 4.98 Å². The number of anilines is 1. The van der Waals surface area contributed by atoms with E-state index in [9.17, 15) is 19.2 Å². The highest BCUT2D eigenvalue weighted by atomic mass is 32.3. The lowest BCUT2D eigenvalue weighted by Crippen LogP contribution is -2.42. The smallest absolute Gasteiger partial charge is 0.225 e. The first-order valence-corrected chi connectivity index (χ1v) is 16.3. The van der Waals surface area contributed by atoms with Crippen LogP contribution in [0.5, 0.6) is 0 Å². The van der Waals surface area contributed by atoms with Crippen molar-refractivity contribution in [3.8, 4) is 27.1 Å². The van der Waals surface area contributed by atoms with Gasteiger partial charge in [0.2, 0.25) is 5.91 Å². The van der Waals surface area contributed by atoms with Crippen LogP contribution < -0.4 is 10.2 Å². The van der Waals surface area contributed by atoms with Crippen molar-refractivity contribution in [2.24, 2.45) is 5.92 Å². The maximum atomic E-state index is 13.5. The van der Waals surface area contributed by atoms with Crippen molar-refractivity contribution in [3.63, 3.8) is 0 Å². The van der Waals surface area contributed by atoms with Crippen LogP contribution in [0.1, 0.15) is 50.1 Å². The minimum Gasteiger partial charge on any atom is -0.368 e. The van der Waals surface area contributed by atoms with Crippen LogP contribution in [0.4, 0.5) is 5.69 Å². The van der Waals surface area contributed by atoms with E-state index in [2.05, 4.69) is 45.5 Å². The minimum absolute atomic E-state index is 0.0168. The molecule has 1 aromatic carbocycles. The maximum Gasteiger partial charge on any atom is 0.225 e. The summed E-state index contributed by atoms with van der Waals surface area (Å²) < 4.78 is 20.0. The van der Waals surface area contributed by atoms with Crippen molar-refractivity contribution in [1.82, 2.24) is 15.3 Å². The molecule has 0 bridgehead atoms. The second kappa shape index (κ2) is 10.5. The molecule has 10 heteroatoms. The number of nitrogens with zero attached hydrogens (tertiary/aromatic N) is 4. The number of carbonyl (C=O) groups excluding carboxylic acids is 1. The Labute approximate surface area is 234 Å². The topological polar surface area (TPSA) is 122 Å². The highest BCUT2D eigenvalue weighted by Crippen LogP contribution is 2.47. The molecule has 2 aromatic heterocycles. The molecule has 204 valence electrons. The number of rotatable bonds is 6. The first kappa shape index (κ1) is 26.3. The Morgan fingerprint density at radius 1 is 1.10 bits per heavy atom. The molecule has 2 atom stereocenters. The van der Waals surface area contributed by atoms with Crippen molar-refractivity contribution >= 4 is 33.5 Å². The molecule has 2 saturated carbocycles. The number of nitriles is 1. The van der Waals surface area contributed by atoms with Crippen molar-refractivity contribution < 1.29 is 13.9 Å². The Kier molecular flexibility index (Phi) is 7.10. The first-order chi connectivity index (χ1) is 18.9. The fourth-order valence-corrected chi connectivity index (χ4v) is 8.06. The van der Waals surface area contributed by atoms with Gasteiger partial charge in [0.1, 0.15) is 10.5 Å². The zero-order chi connectivity index (χ0) is 27.0. The number of amides is 1. The molecule has 3 aliphatic rings. The lowest BCUT2D eigenvalue weighted by atomic mass is 9.76. The predicted molar refractivity (Wildman–Crippen MR) is 156 cm³/mol. The number of thiazole rings is 1. The van der Waals surface area contributed by atoms with Crippen molar-refractivity contribution in [2.45, 2.75) is 50.0 Å². The number of hydrogen-bond acceptors (Lipinski definition) is 8. The summed E-state index contributed by atoms with van der Waals surface area (Å²) in [5.74, 6) is 0.560. The molecule has 3 aromatic rings. The first-order valence-electron chi connectivity index (χ1n) is 13.6. The summed E-state index contributed by atoms with van der Waals surface area (Å²) >= 11 is 1.63. The van der Waals surface area contributed by atoms with E-state index in [0.717, 1.165) is 70.9 Å². The molecule has 8 nitrogen and oxygen atoms in total. The molecule has 39 heavy (non-hydrogen) atoms. The van der Waals surface area contributed by atoms with Crippen LogP contribution in [0.3, 0.4) is 0 Å². The number of nitrogens with one attached hydrogen (secondary N) is 1. The molecule has 1 aliphatic heterocycles. The summed E-state index contributed by atoms with van der Waals surface area (Å²) in [6, 6.07) is 14.6. The standard InChI is InChI=1S/C29H33N5O3S2/c30-19-29(11-12-29)33-27(35)24-6-2-1-5-23(24)25-26(38-28(32-25)21-4-3-13-31-18-21)20-7-9-22(10-8-20)34-14-16-39(36,37)17-15-34/h3-4,7-10,13,18,23-24,36-37H,1-2,5-6,11-12,14-17H2,(H,33,35)/t23-,24-/m1/s1. The molecule has 3 fully saturated rings. The van der Waals surface area contributed by atoms with Crippen LogP contribution in [-0.4, -0.2) is 55.1 Å². The van der Waals surface area contributed by atoms with Crippen molar-refractivity contribution in [1.29, 1.82) is 5.26 Å². The molecular weight excluding hydrogens is 530 g/mol. The summed E-state index contributed by atoms with van der Waals surface area (Å²) in [6.45, 7) is 1.25. The second-order valence-corrected chi connectivity index (χ2v) is 14.3. The van der Waals surface area contributed by atoms with Gasteiger partial charge in [0.15, 0.2) is 0 Å². The van der Waals surface area contributed by atoms with Crippen LogP contribution >= 0.6 is 21.9 Å².